The summed E-state index contributed by atoms with van der Waals surface area (Å²) >= 11 is 0. The van der Waals surface area contributed by atoms with Crippen molar-refractivity contribution in [3.8, 4) is 11.8 Å². The lowest BCUT2D eigenvalue weighted by atomic mass is 9.93. The van der Waals surface area contributed by atoms with E-state index in [-0.39, 0.29) is 19.1 Å². The Bertz CT molecular complexity index is 1030. The quantitative estimate of drug-likeness (QED) is 0.868. The maximum atomic E-state index is 9.10. The number of nitriles is 1. The minimum Gasteiger partial charge on any atom is -0.491 e. The highest BCUT2D eigenvalue weighted by atomic mass is 16.5. The number of nitrogens with one attached hydrogen (secondary N) is 1. The van der Waals surface area contributed by atoms with Crippen LogP contribution >= 0.6 is 0 Å². The first-order valence-electron chi connectivity index (χ1n) is 8.31. The van der Waals surface area contributed by atoms with E-state index in [9.17, 15) is 0 Å². The molecule has 0 amide bonds. The average molecular weight is 347 g/mol. The van der Waals surface area contributed by atoms with Gasteiger partial charge in [0, 0.05) is 12.4 Å². The Hall–Kier alpha value is -3.30. The summed E-state index contributed by atoms with van der Waals surface area (Å²) in [6, 6.07) is 9.60. The SMILES string of the molecule is CNC1=C(c2cc3cc(OCCO)ccc3o2)N=C2C=C(C#N)C=CC21. The molecule has 1 aromatic heterocycles. The van der Waals surface area contributed by atoms with Crippen LogP contribution in [0.4, 0.5) is 0 Å². The second kappa shape index (κ2) is 6.54. The minimum absolute atomic E-state index is 0.00348. The van der Waals surface area contributed by atoms with Gasteiger partial charge < -0.3 is 19.6 Å². The average Bonchev–Trinajstić information content (AvgIpc) is 3.25. The number of allylic oxidation sites excluding steroid dienone is 4. The van der Waals surface area contributed by atoms with Crippen molar-refractivity contribution in [3.05, 3.63) is 59.5 Å². The molecule has 0 bridgehead atoms. The van der Waals surface area contributed by atoms with E-state index in [1.54, 1.807) is 6.08 Å². The fraction of sp³-hybridized carbons (Fsp3) is 0.200. The lowest BCUT2D eigenvalue weighted by molar-refractivity contribution is 0.201. The number of furan rings is 1. The molecule has 4 rings (SSSR count). The molecule has 0 saturated heterocycles. The van der Waals surface area contributed by atoms with Crippen molar-refractivity contribution >= 4 is 22.4 Å². The maximum absolute atomic E-state index is 9.10. The first-order chi connectivity index (χ1) is 12.7. The van der Waals surface area contributed by atoms with Crippen molar-refractivity contribution in [2.75, 3.05) is 20.3 Å². The van der Waals surface area contributed by atoms with Crippen LogP contribution in [-0.2, 0) is 0 Å². The van der Waals surface area contributed by atoms with Gasteiger partial charge in [-0.2, -0.15) is 5.26 Å². The monoisotopic (exact) mass is 347 g/mol. The van der Waals surface area contributed by atoms with Crippen molar-refractivity contribution in [1.29, 1.82) is 5.26 Å². The van der Waals surface area contributed by atoms with E-state index < -0.39 is 0 Å². The Morgan fingerprint density at radius 1 is 1.38 bits per heavy atom. The molecule has 0 fully saturated rings. The van der Waals surface area contributed by atoms with E-state index in [2.05, 4.69) is 11.4 Å². The zero-order chi connectivity index (χ0) is 18.1. The highest BCUT2D eigenvalue weighted by Gasteiger charge is 2.30. The van der Waals surface area contributed by atoms with Gasteiger partial charge in [0.15, 0.2) is 5.76 Å². The van der Waals surface area contributed by atoms with Gasteiger partial charge in [0.05, 0.1) is 35.6 Å². The van der Waals surface area contributed by atoms with Crippen LogP contribution in [0.2, 0.25) is 0 Å². The topological polar surface area (TPSA) is 90.8 Å². The summed E-state index contributed by atoms with van der Waals surface area (Å²) in [6.45, 7) is 0.220. The Morgan fingerprint density at radius 3 is 3.04 bits per heavy atom. The molecule has 0 radical (unpaired) electrons. The van der Waals surface area contributed by atoms with Crippen LogP contribution in [0, 0.1) is 17.2 Å². The van der Waals surface area contributed by atoms with Crippen molar-refractivity contribution in [2.24, 2.45) is 10.9 Å². The molecular weight excluding hydrogens is 330 g/mol. The number of nitrogens with zero attached hydrogens (tertiary/aromatic N) is 2. The lowest BCUT2D eigenvalue weighted by Gasteiger charge is -2.14. The third-order valence-electron chi connectivity index (χ3n) is 4.38. The van der Waals surface area contributed by atoms with Crippen LogP contribution < -0.4 is 10.1 Å². The summed E-state index contributed by atoms with van der Waals surface area (Å²) in [6.07, 6.45) is 5.59. The number of ether oxygens (including phenoxy) is 1. The van der Waals surface area contributed by atoms with Crippen molar-refractivity contribution in [1.82, 2.24) is 5.32 Å². The van der Waals surface area contributed by atoms with Crippen LogP contribution in [0.15, 0.2) is 63.2 Å². The maximum Gasteiger partial charge on any atom is 0.155 e. The standard InChI is InChI=1S/C20H17N3O3/c1-22-19-15-4-2-12(11-21)8-16(15)23-20(19)18-10-13-9-14(25-7-6-24)3-5-17(13)26-18/h2-5,8-10,15,22,24H,6-7H2,1H3. The van der Waals surface area contributed by atoms with Gasteiger partial charge in [0.25, 0.3) is 0 Å². The number of benzene rings is 1. The van der Waals surface area contributed by atoms with Gasteiger partial charge in [-0.1, -0.05) is 6.08 Å². The predicted molar refractivity (Wildman–Crippen MR) is 98.5 cm³/mol. The predicted octanol–water partition coefficient (Wildman–Crippen LogP) is 2.78. The van der Waals surface area contributed by atoms with Gasteiger partial charge in [-0.3, -0.25) is 0 Å². The van der Waals surface area contributed by atoms with Gasteiger partial charge in [0.1, 0.15) is 23.6 Å². The summed E-state index contributed by atoms with van der Waals surface area (Å²) in [7, 11) is 1.86. The largest absolute Gasteiger partial charge is 0.491 e. The summed E-state index contributed by atoms with van der Waals surface area (Å²) in [5, 5.41) is 22.1. The van der Waals surface area contributed by atoms with Crippen LogP contribution in [0.3, 0.4) is 0 Å². The molecule has 2 heterocycles. The second-order valence-electron chi connectivity index (χ2n) is 5.98. The van der Waals surface area contributed by atoms with Crippen LogP contribution in [0.25, 0.3) is 16.7 Å². The lowest BCUT2D eigenvalue weighted by Crippen LogP contribution is -2.20. The van der Waals surface area contributed by atoms with Gasteiger partial charge in [-0.25, -0.2) is 4.99 Å². The third kappa shape index (κ3) is 2.68. The van der Waals surface area contributed by atoms with Crippen LogP contribution in [0.5, 0.6) is 5.75 Å². The highest BCUT2D eigenvalue weighted by molar-refractivity contribution is 6.09. The van der Waals surface area contributed by atoms with E-state index in [0.29, 0.717) is 17.1 Å². The van der Waals surface area contributed by atoms with E-state index in [4.69, 9.17) is 24.5 Å². The molecular formula is C20H17N3O3. The molecule has 1 aromatic carbocycles. The zero-order valence-corrected chi connectivity index (χ0v) is 14.2. The van der Waals surface area contributed by atoms with E-state index in [1.165, 1.54) is 0 Å². The molecule has 2 N–H and O–H groups in total. The Kier molecular flexibility index (Phi) is 4.07. The first kappa shape index (κ1) is 16.2. The molecule has 1 atom stereocenters. The van der Waals surface area contributed by atoms with Crippen LogP contribution in [0.1, 0.15) is 5.76 Å². The highest BCUT2D eigenvalue weighted by Crippen LogP contribution is 2.37. The van der Waals surface area contributed by atoms with Crippen molar-refractivity contribution in [2.45, 2.75) is 0 Å². The summed E-state index contributed by atoms with van der Waals surface area (Å²) in [4.78, 5) is 4.70. The van der Waals surface area contributed by atoms with E-state index in [0.717, 1.165) is 28.1 Å². The molecule has 2 aromatic rings. The fourth-order valence-corrected chi connectivity index (χ4v) is 3.20. The molecule has 1 aliphatic carbocycles. The molecule has 6 heteroatoms. The van der Waals surface area contributed by atoms with Crippen molar-refractivity contribution < 1.29 is 14.3 Å². The third-order valence-corrected chi connectivity index (χ3v) is 4.38. The summed E-state index contributed by atoms with van der Waals surface area (Å²) in [5.74, 6) is 1.34. The summed E-state index contributed by atoms with van der Waals surface area (Å²) < 4.78 is 11.4. The number of aliphatic imine (C=N–C) groups is 1. The zero-order valence-electron chi connectivity index (χ0n) is 14.2. The van der Waals surface area contributed by atoms with E-state index in [1.807, 2.05) is 43.5 Å². The summed E-state index contributed by atoms with van der Waals surface area (Å²) in [5.41, 5.74) is 3.84. The Morgan fingerprint density at radius 2 is 2.27 bits per heavy atom. The Balaban J connectivity index is 1.74. The van der Waals surface area contributed by atoms with Gasteiger partial charge in [0.2, 0.25) is 0 Å². The molecule has 130 valence electrons. The molecule has 1 aliphatic heterocycles. The number of aliphatic hydroxyl groups excluding tert-OH is 1. The molecule has 26 heavy (non-hydrogen) atoms. The molecule has 0 spiro atoms. The van der Waals surface area contributed by atoms with Gasteiger partial charge >= 0.3 is 0 Å². The first-order valence-corrected chi connectivity index (χ1v) is 8.31. The van der Waals surface area contributed by atoms with Gasteiger partial charge in [-0.05, 0) is 36.4 Å². The number of rotatable bonds is 5. The number of aliphatic hydroxyl groups is 1. The normalized spacial score (nSPS) is 18.4. The van der Waals surface area contributed by atoms with Crippen LogP contribution in [-0.4, -0.2) is 31.1 Å². The second-order valence-corrected chi connectivity index (χ2v) is 5.98. The number of hydrogen-bond acceptors (Lipinski definition) is 6. The molecule has 0 saturated carbocycles. The minimum atomic E-state index is -0.0301. The smallest absolute Gasteiger partial charge is 0.155 e. The fourth-order valence-electron chi connectivity index (χ4n) is 3.20. The Labute approximate surface area is 150 Å². The van der Waals surface area contributed by atoms with E-state index >= 15 is 0 Å². The molecule has 2 aliphatic rings. The molecule has 1 unspecified atom stereocenters. The number of fused-ring (bicyclic) bond motifs is 2. The molecule has 6 nitrogen and oxygen atoms in total. The van der Waals surface area contributed by atoms with Crippen molar-refractivity contribution in [3.63, 3.8) is 0 Å². The number of hydrogen-bond donors (Lipinski definition) is 2. The van der Waals surface area contributed by atoms with Gasteiger partial charge in [-0.15, -0.1) is 0 Å².